The molecule has 0 atom stereocenters. The molecule has 1 aromatic rings. The van der Waals surface area contributed by atoms with E-state index in [-0.39, 0.29) is 18.6 Å². The van der Waals surface area contributed by atoms with E-state index >= 15 is 0 Å². The summed E-state index contributed by atoms with van der Waals surface area (Å²) in [6.07, 6.45) is 0.203. The fourth-order valence-electron chi connectivity index (χ4n) is 0.868. The quantitative estimate of drug-likeness (QED) is 0.770. The fraction of sp³-hybridized carbons (Fsp3) is 0.200. The summed E-state index contributed by atoms with van der Waals surface area (Å²) in [6, 6.07) is 2.29. The van der Waals surface area contributed by atoms with E-state index in [1.807, 2.05) is 0 Å². The van der Waals surface area contributed by atoms with Crippen molar-refractivity contribution in [2.24, 2.45) is 0 Å². The number of aliphatic hydroxyl groups excluding tert-OH is 1. The Balaban J connectivity index is 3.04. The van der Waals surface area contributed by atoms with Crippen LogP contribution >= 0.6 is 15.9 Å². The highest BCUT2D eigenvalue weighted by molar-refractivity contribution is 9.10. The minimum absolute atomic E-state index is 0.118. The maximum atomic E-state index is 13.1. The summed E-state index contributed by atoms with van der Waals surface area (Å²) in [5.74, 6) is 3.37. The van der Waals surface area contributed by atoms with Gasteiger partial charge in [-0.1, -0.05) is 27.8 Å². The summed E-state index contributed by atoms with van der Waals surface area (Å²) < 4.78 is 26.5. The van der Waals surface area contributed by atoms with Gasteiger partial charge in [0.25, 0.3) is 0 Å². The van der Waals surface area contributed by atoms with Gasteiger partial charge in [-0.3, -0.25) is 0 Å². The summed E-state index contributed by atoms with van der Waals surface area (Å²) in [6.45, 7) is -0.118. The topological polar surface area (TPSA) is 20.2 Å². The van der Waals surface area contributed by atoms with E-state index in [9.17, 15) is 8.78 Å². The zero-order valence-electron chi connectivity index (χ0n) is 7.15. The van der Waals surface area contributed by atoms with Crippen LogP contribution in [0.4, 0.5) is 8.78 Å². The Morgan fingerprint density at radius 1 is 1.29 bits per heavy atom. The van der Waals surface area contributed by atoms with Crippen molar-refractivity contribution in [2.75, 3.05) is 6.61 Å². The minimum Gasteiger partial charge on any atom is -0.395 e. The first kappa shape index (κ1) is 11.2. The normalized spacial score (nSPS) is 9.43. The van der Waals surface area contributed by atoms with Gasteiger partial charge in [-0.2, -0.15) is 0 Å². The van der Waals surface area contributed by atoms with Gasteiger partial charge in [-0.25, -0.2) is 8.78 Å². The van der Waals surface area contributed by atoms with Crippen molar-refractivity contribution in [1.29, 1.82) is 0 Å². The van der Waals surface area contributed by atoms with Crippen molar-refractivity contribution in [3.63, 3.8) is 0 Å². The molecule has 0 fully saturated rings. The first-order valence-electron chi connectivity index (χ1n) is 3.89. The van der Waals surface area contributed by atoms with Crippen LogP contribution in [0.3, 0.4) is 0 Å². The van der Waals surface area contributed by atoms with E-state index in [1.165, 1.54) is 0 Å². The number of halogens is 3. The van der Waals surface area contributed by atoms with Crippen LogP contribution in [0.2, 0.25) is 0 Å². The van der Waals surface area contributed by atoms with Crippen molar-refractivity contribution in [1.82, 2.24) is 0 Å². The van der Waals surface area contributed by atoms with Crippen molar-refractivity contribution in [3.05, 3.63) is 33.8 Å². The number of hydrogen-bond acceptors (Lipinski definition) is 1. The fourth-order valence-corrected chi connectivity index (χ4v) is 1.27. The average Bonchev–Trinajstić information content (AvgIpc) is 2.09. The largest absolute Gasteiger partial charge is 0.395 e. The first-order chi connectivity index (χ1) is 6.65. The van der Waals surface area contributed by atoms with E-state index in [0.717, 1.165) is 12.1 Å². The standard InChI is InChI=1S/C10H7BrF2O/c11-7-5-9(12)8(10(13)6-7)3-1-2-4-14/h5-6,14H,2,4H2. The Kier molecular flexibility index (Phi) is 4.05. The molecule has 14 heavy (non-hydrogen) atoms. The predicted octanol–water partition coefficient (Wildman–Crippen LogP) is 2.46. The number of benzene rings is 1. The lowest BCUT2D eigenvalue weighted by Gasteiger charge is -1.97. The zero-order chi connectivity index (χ0) is 10.6. The second-order valence-electron chi connectivity index (χ2n) is 2.52. The second kappa shape index (κ2) is 5.08. The monoisotopic (exact) mass is 260 g/mol. The molecule has 1 aromatic carbocycles. The summed E-state index contributed by atoms with van der Waals surface area (Å²) in [5.41, 5.74) is -0.262. The number of aliphatic hydroxyl groups is 1. The molecule has 0 bridgehead atoms. The highest BCUT2D eigenvalue weighted by atomic mass is 79.9. The molecule has 0 unspecified atom stereocenters. The third-order valence-electron chi connectivity index (χ3n) is 1.46. The number of hydrogen-bond donors (Lipinski definition) is 1. The van der Waals surface area contributed by atoms with E-state index < -0.39 is 11.6 Å². The van der Waals surface area contributed by atoms with Gasteiger partial charge in [-0.05, 0) is 12.1 Å². The lowest BCUT2D eigenvalue weighted by Crippen LogP contribution is -1.90. The molecule has 0 heterocycles. The molecular formula is C10H7BrF2O. The average molecular weight is 261 g/mol. The smallest absolute Gasteiger partial charge is 0.142 e. The molecule has 1 N–H and O–H groups in total. The first-order valence-corrected chi connectivity index (χ1v) is 4.68. The summed E-state index contributed by atoms with van der Waals surface area (Å²) in [4.78, 5) is 0. The van der Waals surface area contributed by atoms with Crippen LogP contribution in [0.15, 0.2) is 16.6 Å². The summed E-state index contributed by atoms with van der Waals surface area (Å²) >= 11 is 2.96. The van der Waals surface area contributed by atoms with Gasteiger partial charge in [-0.15, -0.1) is 0 Å². The molecule has 74 valence electrons. The minimum atomic E-state index is -0.706. The van der Waals surface area contributed by atoms with Crippen molar-refractivity contribution in [2.45, 2.75) is 6.42 Å². The van der Waals surface area contributed by atoms with E-state index in [4.69, 9.17) is 5.11 Å². The second-order valence-corrected chi connectivity index (χ2v) is 3.44. The lowest BCUT2D eigenvalue weighted by atomic mass is 10.2. The molecule has 0 aliphatic rings. The molecule has 0 saturated heterocycles. The molecule has 0 aliphatic carbocycles. The van der Waals surface area contributed by atoms with Crippen LogP contribution in [0.5, 0.6) is 0 Å². The molecule has 1 rings (SSSR count). The molecule has 0 aliphatic heterocycles. The highest BCUT2D eigenvalue weighted by Gasteiger charge is 2.07. The van der Waals surface area contributed by atoms with Gasteiger partial charge in [0, 0.05) is 10.9 Å². The van der Waals surface area contributed by atoms with Crippen LogP contribution in [0, 0.1) is 23.5 Å². The SMILES string of the molecule is OCCC#Cc1c(F)cc(Br)cc1F. The Hall–Kier alpha value is -0.920. The third-order valence-corrected chi connectivity index (χ3v) is 1.91. The van der Waals surface area contributed by atoms with Crippen molar-refractivity contribution < 1.29 is 13.9 Å². The molecule has 0 spiro atoms. The number of rotatable bonds is 1. The molecule has 0 radical (unpaired) electrons. The highest BCUT2D eigenvalue weighted by Crippen LogP contribution is 2.18. The van der Waals surface area contributed by atoms with Crippen molar-refractivity contribution >= 4 is 15.9 Å². The third kappa shape index (κ3) is 2.79. The molecule has 0 saturated carbocycles. The van der Waals surface area contributed by atoms with Crippen molar-refractivity contribution in [3.8, 4) is 11.8 Å². The lowest BCUT2D eigenvalue weighted by molar-refractivity contribution is 0.305. The van der Waals surface area contributed by atoms with Crippen LogP contribution in [-0.2, 0) is 0 Å². The zero-order valence-corrected chi connectivity index (χ0v) is 8.74. The summed E-state index contributed by atoms with van der Waals surface area (Å²) in [5, 5.41) is 8.43. The molecule has 0 aromatic heterocycles. The molecule has 0 amide bonds. The Morgan fingerprint density at radius 3 is 2.36 bits per heavy atom. The molecule has 4 heteroatoms. The van der Waals surface area contributed by atoms with Gasteiger partial charge in [0.05, 0.1) is 12.2 Å². The van der Waals surface area contributed by atoms with Gasteiger partial charge in [0.1, 0.15) is 11.6 Å². The Morgan fingerprint density at radius 2 is 1.86 bits per heavy atom. The molecule has 1 nitrogen and oxygen atoms in total. The van der Waals surface area contributed by atoms with E-state index in [0.29, 0.717) is 4.47 Å². The van der Waals surface area contributed by atoms with Crippen LogP contribution in [0.25, 0.3) is 0 Å². The van der Waals surface area contributed by atoms with Gasteiger partial charge in [0.2, 0.25) is 0 Å². The maximum absolute atomic E-state index is 13.1. The molecular weight excluding hydrogens is 254 g/mol. The van der Waals surface area contributed by atoms with Crippen LogP contribution < -0.4 is 0 Å². The Labute approximate surface area is 88.9 Å². The van der Waals surface area contributed by atoms with E-state index in [2.05, 4.69) is 27.8 Å². The Bertz CT molecular complexity index is 370. The van der Waals surface area contributed by atoms with Gasteiger partial charge >= 0.3 is 0 Å². The predicted molar refractivity (Wildman–Crippen MR) is 52.6 cm³/mol. The summed E-state index contributed by atoms with van der Waals surface area (Å²) in [7, 11) is 0. The van der Waals surface area contributed by atoms with Crippen LogP contribution in [-0.4, -0.2) is 11.7 Å². The van der Waals surface area contributed by atoms with Crippen LogP contribution in [0.1, 0.15) is 12.0 Å². The van der Waals surface area contributed by atoms with Gasteiger partial charge < -0.3 is 5.11 Å². The van der Waals surface area contributed by atoms with E-state index in [1.54, 1.807) is 0 Å². The maximum Gasteiger partial charge on any atom is 0.142 e. The van der Waals surface area contributed by atoms with Gasteiger partial charge in [0.15, 0.2) is 0 Å².